The van der Waals surface area contributed by atoms with Crippen LogP contribution in [0.5, 0.6) is 0 Å². The molecule has 7 nitrogen and oxygen atoms in total. The molecule has 0 atom stereocenters. The van der Waals surface area contributed by atoms with Crippen molar-refractivity contribution in [2.24, 2.45) is 7.05 Å². The minimum absolute atomic E-state index is 0.140. The number of hydrogen-bond acceptors (Lipinski definition) is 4. The third kappa shape index (κ3) is 3.00. The quantitative estimate of drug-likeness (QED) is 0.727. The van der Waals surface area contributed by atoms with Gasteiger partial charge in [0.15, 0.2) is 11.6 Å². The van der Waals surface area contributed by atoms with Gasteiger partial charge in [-0.1, -0.05) is 30.3 Å². The molecule has 1 aromatic carbocycles. The predicted octanol–water partition coefficient (Wildman–Crippen LogP) is 2.39. The number of hydrogen-bond donors (Lipinski definition) is 0. The van der Waals surface area contributed by atoms with E-state index >= 15 is 0 Å². The van der Waals surface area contributed by atoms with Crippen LogP contribution in [-0.4, -0.2) is 48.4 Å². The second kappa shape index (κ2) is 6.74. The van der Waals surface area contributed by atoms with Gasteiger partial charge in [0.25, 0.3) is 0 Å². The lowest BCUT2D eigenvalue weighted by Crippen LogP contribution is -2.36. The van der Waals surface area contributed by atoms with Crippen molar-refractivity contribution < 1.29 is 4.79 Å². The summed E-state index contributed by atoms with van der Waals surface area (Å²) in [6.07, 6.45) is 3.55. The number of benzene rings is 1. The summed E-state index contributed by atoms with van der Waals surface area (Å²) in [6.45, 7) is 3.16. The zero-order chi connectivity index (χ0) is 18.1. The van der Waals surface area contributed by atoms with Crippen molar-refractivity contribution in [1.29, 1.82) is 0 Å². The van der Waals surface area contributed by atoms with Crippen molar-refractivity contribution in [3.8, 4) is 17.2 Å². The summed E-state index contributed by atoms with van der Waals surface area (Å²) in [6, 6.07) is 11.9. The van der Waals surface area contributed by atoms with Gasteiger partial charge >= 0.3 is 0 Å². The average Bonchev–Trinajstić information content (AvgIpc) is 3.28. The van der Waals surface area contributed by atoms with E-state index in [1.807, 2.05) is 53.0 Å². The number of amides is 1. The summed E-state index contributed by atoms with van der Waals surface area (Å²) in [5.74, 6) is 2.96. The van der Waals surface area contributed by atoms with Gasteiger partial charge in [0, 0.05) is 44.6 Å². The molecule has 0 spiro atoms. The van der Waals surface area contributed by atoms with Gasteiger partial charge in [-0.25, -0.2) is 4.98 Å². The van der Waals surface area contributed by atoms with Crippen LogP contribution in [0.15, 0.2) is 42.6 Å². The van der Waals surface area contributed by atoms with Gasteiger partial charge in [0.2, 0.25) is 5.91 Å². The molecule has 4 rings (SSSR count). The van der Waals surface area contributed by atoms with E-state index in [-0.39, 0.29) is 11.8 Å². The maximum atomic E-state index is 11.6. The Labute approximate surface area is 152 Å². The number of piperidine rings is 1. The SMILES string of the molecule is CC(=O)N1CCC(c2nc(-c3ccccc3)nn2-c2ccnn2C)CC1. The molecule has 0 bridgehead atoms. The second-order valence-electron chi connectivity index (χ2n) is 6.66. The lowest BCUT2D eigenvalue weighted by molar-refractivity contribution is -0.129. The number of likely N-dealkylation sites (tertiary alicyclic amines) is 1. The van der Waals surface area contributed by atoms with Gasteiger partial charge in [-0.05, 0) is 12.8 Å². The summed E-state index contributed by atoms with van der Waals surface area (Å²) in [5.41, 5.74) is 0.996. The van der Waals surface area contributed by atoms with Crippen LogP contribution in [-0.2, 0) is 11.8 Å². The van der Waals surface area contributed by atoms with E-state index in [0.29, 0.717) is 0 Å². The van der Waals surface area contributed by atoms with Gasteiger partial charge in [-0.2, -0.15) is 9.78 Å². The molecule has 1 aliphatic rings. The van der Waals surface area contributed by atoms with E-state index in [1.54, 1.807) is 17.8 Å². The summed E-state index contributed by atoms with van der Waals surface area (Å²) >= 11 is 0. The number of rotatable bonds is 3. The highest BCUT2D eigenvalue weighted by Gasteiger charge is 2.28. The first-order valence-electron chi connectivity index (χ1n) is 8.90. The van der Waals surface area contributed by atoms with Crippen LogP contribution in [0.3, 0.4) is 0 Å². The standard InChI is InChI=1S/C19H22N6O/c1-14(26)24-12-9-16(10-13-24)19-21-18(15-6-4-3-5-7-15)22-25(19)17-8-11-20-23(17)2/h3-8,11,16H,9-10,12-13H2,1-2H3. The number of carbonyl (C=O) groups excluding carboxylic acids is 1. The minimum atomic E-state index is 0.140. The maximum Gasteiger partial charge on any atom is 0.219 e. The van der Waals surface area contributed by atoms with Crippen molar-refractivity contribution in [2.75, 3.05) is 13.1 Å². The number of aromatic nitrogens is 5. The Kier molecular flexibility index (Phi) is 4.28. The first kappa shape index (κ1) is 16.5. The van der Waals surface area contributed by atoms with Gasteiger partial charge < -0.3 is 4.90 Å². The summed E-state index contributed by atoms with van der Waals surface area (Å²) in [7, 11) is 1.90. The summed E-state index contributed by atoms with van der Waals surface area (Å²) in [4.78, 5) is 18.4. The molecule has 3 heterocycles. The van der Waals surface area contributed by atoms with Gasteiger partial charge in [-0.15, -0.1) is 5.10 Å². The van der Waals surface area contributed by atoms with Gasteiger partial charge in [-0.3, -0.25) is 9.48 Å². The Bertz CT molecular complexity index is 905. The normalized spacial score (nSPS) is 15.4. The highest BCUT2D eigenvalue weighted by Crippen LogP contribution is 2.30. The van der Waals surface area contributed by atoms with Crippen molar-refractivity contribution in [3.05, 3.63) is 48.4 Å². The highest BCUT2D eigenvalue weighted by atomic mass is 16.2. The third-order valence-corrected chi connectivity index (χ3v) is 4.98. The molecule has 134 valence electrons. The molecule has 7 heteroatoms. The molecule has 1 aliphatic heterocycles. The maximum absolute atomic E-state index is 11.6. The van der Waals surface area contributed by atoms with Crippen molar-refractivity contribution in [3.63, 3.8) is 0 Å². The largest absolute Gasteiger partial charge is 0.343 e. The number of aryl methyl sites for hydroxylation is 1. The molecule has 1 fully saturated rings. The molecule has 26 heavy (non-hydrogen) atoms. The van der Waals surface area contributed by atoms with E-state index in [4.69, 9.17) is 10.1 Å². The Morgan fingerprint density at radius 3 is 2.46 bits per heavy atom. The monoisotopic (exact) mass is 350 g/mol. The summed E-state index contributed by atoms with van der Waals surface area (Å²) in [5, 5.41) is 9.05. The van der Waals surface area contributed by atoms with Crippen molar-refractivity contribution in [2.45, 2.75) is 25.7 Å². The van der Waals surface area contributed by atoms with Crippen LogP contribution in [0.4, 0.5) is 0 Å². The topological polar surface area (TPSA) is 68.8 Å². The molecular weight excluding hydrogens is 328 g/mol. The van der Waals surface area contributed by atoms with Crippen LogP contribution in [0.25, 0.3) is 17.2 Å². The van der Waals surface area contributed by atoms with E-state index in [1.165, 1.54) is 0 Å². The first-order chi connectivity index (χ1) is 12.6. The molecule has 0 N–H and O–H groups in total. The molecule has 0 unspecified atom stereocenters. The van der Waals surface area contributed by atoms with E-state index in [2.05, 4.69) is 5.10 Å². The Balaban J connectivity index is 1.72. The lowest BCUT2D eigenvalue weighted by Gasteiger charge is -2.30. The van der Waals surface area contributed by atoms with Crippen LogP contribution in [0.2, 0.25) is 0 Å². The molecule has 0 aliphatic carbocycles. The summed E-state index contributed by atoms with van der Waals surface area (Å²) < 4.78 is 3.71. The number of nitrogens with zero attached hydrogens (tertiary/aromatic N) is 6. The second-order valence-corrected chi connectivity index (χ2v) is 6.66. The fraction of sp³-hybridized carbons (Fsp3) is 0.368. The Morgan fingerprint density at radius 2 is 1.85 bits per heavy atom. The van der Waals surface area contributed by atoms with Crippen LogP contribution < -0.4 is 0 Å². The fourth-order valence-corrected chi connectivity index (χ4v) is 3.49. The van der Waals surface area contributed by atoms with Gasteiger partial charge in [0.05, 0.1) is 6.20 Å². The van der Waals surface area contributed by atoms with Crippen LogP contribution in [0, 0.1) is 0 Å². The van der Waals surface area contributed by atoms with Crippen LogP contribution >= 0.6 is 0 Å². The molecule has 0 radical (unpaired) electrons. The zero-order valence-corrected chi connectivity index (χ0v) is 15.0. The highest BCUT2D eigenvalue weighted by molar-refractivity contribution is 5.73. The van der Waals surface area contributed by atoms with Crippen LogP contribution in [0.1, 0.15) is 31.5 Å². The van der Waals surface area contributed by atoms with E-state index < -0.39 is 0 Å². The minimum Gasteiger partial charge on any atom is -0.343 e. The molecule has 1 saturated heterocycles. The number of carbonyl (C=O) groups is 1. The smallest absolute Gasteiger partial charge is 0.219 e. The lowest BCUT2D eigenvalue weighted by atomic mass is 9.96. The molecule has 0 saturated carbocycles. The van der Waals surface area contributed by atoms with E-state index in [9.17, 15) is 4.79 Å². The van der Waals surface area contributed by atoms with Crippen molar-refractivity contribution in [1.82, 2.24) is 29.4 Å². The van der Waals surface area contributed by atoms with E-state index in [0.717, 1.165) is 49.0 Å². The zero-order valence-electron chi connectivity index (χ0n) is 15.0. The Hall–Kier alpha value is -2.96. The third-order valence-electron chi connectivity index (χ3n) is 4.98. The predicted molar refractivity (Wildman–Crippen MR) is 97.8 cm³/mol. The molecule has 2 aromatic heterocycles. The van der Waals surface area contributed by atoms with Crippen molar-refractivity contribution >= 4 is 5.91 Å². The molecule has 1 amide bonds. The average molecular weight is 350 g/mol. The molecular formula is C19H22N6O. The fourth-order valence-electron chi connectivity index (χ4n) is 3.49. The van der Waals surface area contributed by atoms with Gasteiger partial charge in [0.1, 0.15) is 5.82 Å². The molecule has 3 aromatic rings. The first-order valence-corrected chi connectivity index (χ1v) is 8.90. The Morgan fingerprint density at radius 1 is 1.12 bits per heavy atom.